The number of halogens is 2. The van der Waals surface area contributed by atoms with Gasteiger partial charge in [-0.25, -0.2) is 12.8 Å². The highest BCUT2D eigenvalue weighted by Crippen LogP contribution is 2.28. The average Bonchev–Trinajstić information content (AvgIpc) is 3.18. The normalized spacial score (nSPS) is 19.8. The second-order valence-corrected chi connectivity index (χ2v) is 7.95. The first-order valence-corrected chi connectivity index (χ1v) is 9.77. The molecule has 25 heavy (non-hydrogen) atoms. The standard InChI is InChI=1S/C16H25FN4O2S.HI/c1-4-18-16(20-15-9-12(15)3)19-7-8-24(22,23)21-13-6-5-11(2)14(17)10-13;/h5-6,10,12,15,21H,4,7-9H2,1-3H3,(H2,18,19,20);1H. The Morgan fingerprint density at radius 2 is 2.08 bits per heavy atom. The number of hydrogen-bond donors (Lipinski definition) is 3. The lowest BCUT2D eigenvalue weighted by molar-refractivity contribution is 0.600. The minimum absolute atomic E-state index is 0. The van der Waals surface area contributed by atoms with Crippen molar-refractivity contribution in [2.45, 2.75) is 33.2 Å². The number of aliphatic imine (C=N–C) groups is 1. The predicted molar refractivity (Wildman–Crippen MR) is 111 cm³/mol. The Morgan fingerprint density at radius 3 is 2.64 bits per heavy atom. The van der Waals surface area contributed by atoms with Crippen LogP contribution in [0.2, 0.25) is 0 Å². The topological polar surface area (TPSA) is 82.6 Å². The minimum Gasteiger partial charge on any atom is -0.357 e. The summed E-state index contributed by atoms with van der Waals surface area (Å²) in [6.45, 7) is 6.56. The number of nitrogens with zero attached hydrogens (tertiary/aromatic N) is 1. The molecule has 1 saturated carbocycles. The SMILES string of the molecule is CCNC(=NCCS(=O)(=O)Nc1ccc(C)c(F)c1)NC1CC1C.I. The van der Waals surface area contributed by atoms with Crippen LogP contribution >= 0.6 is 24.0 Å². The highest BCUT2D eigenvalue weighted by Gasteiger charge is 2.33. The van der Waals surface area contributed by atoms with Gasteiger partial charge in [0.1, 0.15) is 5.82 Å². The van der Waals surface area contributed by atoms with Crippen molar-refractivity contribution < 1.29 is 12.8 Å². The number of rotatable bonds is 7. The van der Waals surface area contributed by atoms with Gasteiger partial charge < -0.3 is 10.6 Å². The molecule has 0 aromatic heterocycles. The van der Waals surface area contributed by atoms with Gasteiger partial charge in [-0.2, -0.15) is 0 Å². The van der Waals surface area contributed by atoms with Crippen LogP contribution in [0, 0.1) is 18.7 Å². The molecule has 142 valence electrons. The molecule has 1 fully saturated rings. The third-order valence-corrected chi connectivity index (χ3v) is 5.12. The van der Waals surface area contributed by atoms with Gasteiger partial charge in [0.15, 0.2) is 5.96 Å². The van der Waals surface area contributed by atoms with E-state index < -0.39 is 15.8 Å². The predicted octanol–water partition coefficient (Wildman–Crippen LogP) is 2.46. The minimum atomic E-state index is -3.58. The van der Waals surface area contributed by atoms with Crippen molar-refractivity contribution in [1.29, 1.82) is 0 Å². The van der Waals surface area contributed by atoms with Gasteiger partial charge in [0.25, 0.3) is 0 Å². The molecule has 1 aliphatic rings. The van der Waals surface area contributed by atoms with Crippen molar-refractivity contribution in [3.05, 3.63) is 29.6 Å². The van der Waals surface area contributed by atoms with Crippen LogP contribution in [0.4, 0.5) is 10.1 Å². The molecule has 9 heteroatoms. The molecule has 0 amide bonds. The number of guanidine groups is 1. The molecular weight excluding hydrogens is 458 g/mol. The molecule has 0 radical (unpaired) electrons. The summed E-state index contributed by atoms with van der Waals surface area (Å²) in [6.07, 6.45) is 1.10. The molecule has 1 aromatic carbocycles. The number of sulfonamides is 1. The maximum atomic E-state index is 13.5. The summed E-state index contributed by atoms with van der Waals surface area (Å²) in [5.74, 6) is 0.642. The number of anilines is 1. The second kappa shape index (κ2) is 9.56. The van der Waals surface area contributed by atoms with Gasteiger partial charge >= 0.3 is 0 Å². The first-order chi connectivity index (χ1) is 11.3. The summed E-state index contributed by atoms with van der Waals surface area (Å²) in [7, 11) is -3.58. The summed E-state index contributed by atoms with van der Waals surface area (Å²) in [4.78, 5) is 4.29. The molecule has 1 aromatic rings. The van der Waals surface area contributed by atoms with E-state index in [1.807, 2.05) is 6.92 Å². The molecule has 0 bridgehead atoms. The number of benzene rings is 1. The summed E-state index contributed by atoms with van der Waals surface area (Å²) in [6, 6.07) is 4.67. The summed E-state index contributed by atoms with van der Waals surface area (Å²) >= 11 is 0. The zero-order chi connectivity index (χ0) is 17.7. The second-order valence-electron chi connectivity index (χ2n) is 6.11. The average molecular weight is 484 g/mol. The number of hydrogen-bond acceptors (Lipinski definition) is 3. The molecule has 0 heterocycles. The van der Waals surface area contributed by atoms with Gasteiger partial charge in [-0.1, -0.05) is 13.0 Å². The highest BCUT2D eigenvalue weighted by molar-refractivity contribution is 14.0. The number of nitrogens with one attached hydrogen (secondary N) is 3. The van der Waals surface area contributed by atoms with E-state index in [1.165, 1.54) is 12.1 Å². The number of aryl methyl sites for hydroxylation is 1. The molecule has 3 N–H and O–H groups in total. The van der Waals surface area contributed by atoms with Gasteiger partial charge in [-0.15, -0.1) is 24.0 Å². The van der Waals surface area contributed by atoms with Gasteiger partial charge in [0.05, 0.1) is 18.0 Å². The lowest BCUT2D eigenvalue weighted by atomic mass is 10.2. The molecular formula is C16H26FIN4O2S. The van der Waals surface area contributed by atoms with E-state index in [0.717, 1.165) is 6.42 Å². The summed E-state index contributed by atoms with van der Waals surface area (Å²) in [5, 5.41) is 6.36. The van der Waals surface area contributed by atoms with E-state index in [-0.39, 0.29) is 42.0 Å². The van der Waals surface area contributed by atoms with Gasteiger partial charge in [-0.05, 0) is 43.9 Å². The van der Waals surface area contributed by atoms with Crippen LogP contribution in [0.3, 0.4) is 0 Å². The molecule has 2 unspecified atom stereocenters. The van der Waals surface area contributed by atoms with Crippen LogP contribution in [-0.4, -0.2) is 39.3 Å². The van der Waals surface area contributed by atoms with Crippen LogP contribution in [0.1, 0.15) is 25.8 Å². The van der Waals surface area contributed by atoms with Gasteiger partial charge in [-0.3, -0.25) is 9.71 Å². The van der Waals surface area contributed by atoms with E-state index in [9.17, 15) is 12.8 Å². The van der Waals surface area contributed by atoms with Crippen LogP contribution in [0.5, 0.6) is 0 Å². The Labute approximate surface area is 166 Å². The van der Waals surface area contributed by atoms with Crippen molar-refractivity contribution >= 4 is 45.6 Å². The summed E-state index contributed by atoms with van der Waals surface area (Å²) < 4.78 is 40.0. The Morgan fingerprint density at radius 1 is 1.40 bits per heavy atom. The van der Waals surface area contributed by atoms with Crippen molar-refractivity contribution in [3.63, 3.8) is 0 Å². The van der Waals surface area contributed by atoms with Crippen LogP contribution in [-0.2, 0) is 10.0 Å². The van der Waals surface area contributed by atoms with Crippen LogP contribution in [0.15, 0.2) is 23.2 Å². The largest absolute Gasteiger partial charge is 0.357 e. The van der Waals surface area contributed by atoms with Gasteiger partial charge in [0.2, 0.25) is 10.0 Å². The lowest BCUT2D eigenvalue weighted by Gasteiger charge is -2.11. The Hall–Kier alpha value is -1.10. The molecule has 0 spiro atoms. The van der Waals surface area contributed by atoms with Crippen molar-refractivity contribution in [2.75, 3.05) is 23.6 Å². The van der Waals surface area contributed by atoms with Crippen molar-refractivity contribution in [3.8, 4) is 0 Å². The lowest BCUT2D eigenvalue weighted by Crippen LogP contribution is -2.39. The van der Waals surface area contributed by atoms with Crippen molar-refractivity contribution in [1.82, 2.24) is 10.6 Å². The van der Waals surface area contributed by atoms with E-state index >= 15 is 0 Å². The fourth-order valence-corrected chi connectivity index (χ4v) is 3.10. The van der Waals surface area contributed by atoms with E-state index in [4.69, 9.17) is 0 Å². The fraction of sp³-hybridized carbons (Fsp3) is 0.562. The Balaban J connectivity index is 0.00000312. The Bertz CT molecular complexity index is 712. The maximum absolute atomic E-state index is 13.5. The fourth-order valence-electron chi connectivity index (χ4n) is 2.18. The zero-order valence-corrected chi connectivity index (χ0v) is 17.8. The van der Waals surface area contributed by atoms with Crippen molar-refractivity contribution in [2.24, 2.45) is 10.9 Å². The Kier molecular flexibility index (Phi) is 8.39. The molecule has 0 aliphatic heterocycles. The van der Waals surface area contributed by atoms with E-state index in [0.29, 0.717) is 30.0 Å². The molecule has 2 atom stereocenters. The third kappa shape index (κ3) is 7.35. The van der Waals surface area contributed by atoms with Crippen LogP contribution < -0.4 is 15.4 Å². The first kappa shape index (κ1) is 21.9. The third-order valence-electron chi connectivity index (χ3n) is 3.85. The van der Waals surface area contributed by atoms with Crippen LogP contribution in [0.25, 0.3) is 0 Å². The monoisotopic (exact) mass is 484 g/mol. The smallest absolute Gasteiger partial charge is 0.234 e. The maximum Gasteiger partial charge on any atom is 0.234 e. The summed E-state index contributed by atoms with van der Waals surface area (Å²) in [5.41, 5.74) is 0.692. The first-order valence-electron chi connectivity index (χ1n) is 8.12. The molecule has 2 rings (SSSR count). The van der Waals surface area contributed by atoms with Gasteiger partial charge in [0, 0.05) is 12.6 Å². The zero-order valence-electron chi connectivity index (χ0n) is 14.7. The molecule has 1 aliphatic carbocycles. The molecule has 6 nitrogen and oxygen atoms in total. The highest BCUT2D eigenvalue weighted by atomic mass is 127. The quantitative estimate of drug-likeness (QED) is 0.316. The molecule has 0 saturated heterocycles. The van der Waals surface area contributed by atoms with E-state index in [1.54, 1.807) is 13.0 Å². The van der Waals surface area contributed by atoms with E-state index in [2.05, 4.69) is 27.3 Å².